The van der Waals surface area contributed by atoms with Crippen LogP contribution in [0.25, 0.3) is 0 Å². The lowest BCUT2D eigenvalue weighted by atomic mass is 9.91. The number of hydrogen-bond acceptors (Lipinski definition) is 5. The van der Waals surface area contributed by atoms with Gasteiger partial charge in [0.2, 0.25) is 0 Å². The molecule has 0 aliphatic heterocycles. The fourth-order valence-electron chi connectivity index (χ4n) is 5.61. The van der Waals surface area contributed by atoms with Crippen LogP contribution in [0.1, 0.15) is 61.6 Å². The molecule has 2 aliphatic carbocycles. The van der Waals surface area contributed by atoms with Crippen molar-refractivity contribution >= 4 is 23.2 Å². The second-order valence-electron chi connectivity index (χ2n) is 10.5. The van der Waals surface area contributed by atoms with E-state index in [1.807, 2.05) is 13.8 Å². The van der Waals surface area contributed by atoms with Crippen LogP contribution in [0.5, 0.6) is 0 Å². The number of rotatable bonds is 4. The molecule has 1 amide bonds. The van der Waals surface area contributed by atoms with E-state index in [0.717, 1.165) is 18.5 Å². The van der Waals surface area contributed by atoms with Crippen LogP contribution in [0.2, 0.25) is 5.02 Å². The molecule has 2 aliphatic rings. The van der Waals surface area contributed by atoms with Crippen LogP contribution in [-0.4, -0.2) is 41.2 Å². The molecule has 2 fully saturated rings. The Bertz CT molecular complexity index is 1340. The molecular formula is C26H28ClFN6O2. The van der Waals surface area contributed by atoms with Crippen LogP contribution < -0.4 is 5.32 Å². The summed E-state index contributed by atoms with van der Waals surface area (Å²) in [6.45, 7) is 3.88. The van der Waals surface area contributed by atoms with Crippen molar-refractivity contribution in [3.05, 3.63) is 59.1 Å². The summed E-state index contributed by atoms with van der Waals surface area (Å²) in [6.07, 6.45) is 7.87. The van der Waals surface area contributed by atoms with Gasteiger partial charge in [-0.3, -0.25) is 4.79 Å². The van der Waals surface area contributed by atoms with E-state index in [0.29, 0.717) is 36.1 Å². The number of nitrogens with one attached hydrogen (secondary N) is 1. The highest BCUT2D eigenvalue weighted by molar-refractivity contribution is 6.31. The standard InChI is InChI=1S/C26H28ClFN6O2/c1-25(2,34-9-8-30-32-34)6-7-26(36)13-17-10-16(11-18(17)14-26)22-23(33(3)15-29-22)24(35)31-19-4-5-21(28)20(27)12-19/h4-5,8-9,12,15-18,36H,10-11,13-14H2,1-3H3,(H,31,35). The van der Waals surface area contributed by atoms with Crippen LogP contribution >= 0.6 is 11.6 Å². The fraction of sp³-hybridized carbons (Fsp3) is 0.462. The number of benzene rings is 1. The van der Waals surface area contributed by atoms with Gasteiger partial charge in [0.15, 0.2) is 0 Å². The van der Waals surface area contributed by atoms with E-state index in [1.165, 1.54) is 18.2 Å². The number of anilines is 1. The van der Waals surface area contributed by atoms with Crippen molar-refractivity contribution in [2.45, 2.75) is 56.6 Å². The van der Waals surface area contributed by atoms with E-state index in [2.05, 4.69) is 32.5 Å². The predicted molar refractivity (Wildman–Crippen MR) is 133 cm³/mol. The smallest absolute Gasteiger partial charge is 0.274 e. The van der Waals surface area contributed by atoms with Crippen LogP contribution in [0.4, 0.5) is 10.1 Å². The second-order valence-corrected chi connectivity index (χ2v) is 10.9. The number of hydrogen-bond donors (Lipinski definition) is 2. The molecule has 2 N–H and O–H groups in total. The molecule has 0 bridgehead atoms. The van der Waals surface area contributed by atoms with Gasteiger partial charge in [-0.05, 0) is 69.6 Å². The zero-order valence-electron chi connectivity index (χ0n) is 20.4. The fourth-order valence-corrected chi connectivity index (χ4v) is 5.79. The monoisotopic (exact) mass is 510 g/mol. The summed E-state index contributed by atoms with van der Waals surface area (Å²) in [4.78, 5) is 17.7. The first kappa shape index (κ1) is 24.5. The lowest BCUT2D eigenvalue weighted by Crippen LogP contribution is -2.28. The highest BCUT2D eigenvalue weighted by atomic mass is 35.5. The number of halogens is 2. The number of aromatic nitrogens is 5. The lowest BCUT2D eigenvalue weighted by Gasteiger charge is -2.21. The zero-order chi connectivity index (χ0) is 25.7. The van der Waals surface area contributed by atoms with Crippen molar-refractivity contribution in [3.63, 3.8) is 0 Å². The maximum Gasteiger partial charge on any atom is 0.274 e. The van der Waals surface area contributed by atoms with Gasteiger partial charge >= 0.3 is 0 Å². The Morgan fingerprint density at radius 2 is 2.03 bits per heavy atom. The molecule has 8 nitrogen and oxygen atoms in total. The Morgan fingerprint density at radius 1 is 1.31 bits per heavy atom. The lowest BCUT2D eigenvalue weighted by molar-refractivity contribution is 0.0975. The van der Waals surface area contributed by atoms with Gasteiger partial charge in [0.05, 0.1) is 23.2 Å². The summed E-state index contributed by atoms with van der Waals surface area (Å²) in [6, 6.07) is 4.08. The average Bonchev–Trinajstić information content (AvgIpc) is 3.59. The maximum atomic E-state index is 13.5. The number of carbonyl (C=O) groups excluding carboxylic acids is 1. The summed E-state index contributed by atoms with van der Waals surface area (Å²) in [7, 11) is 1.78. The molecule has 188 valence electrons. The van der Waals surface area contributed by atoms with E-state index in [-0.39, 0.29) is 16.8 Å². The normalized spacial score (nSPS) is 25.3. The highest BCUT2D eigenvalue weighted by Gasteiger charge is 2.49. The third-order valence-electron chi connectivity index (χ3n) is 7.38. The molecule has 3 aromatic rings. The molecule has 2 saturated carbocycles. The van der Waals surface area contributed by atoms with Crippen molar-refractivity contribution in [1.82, 2.24) is 24.5 Å². The Labute approximate surface area is 213 Å². The van der Waals surface area contributed by atoms with E-state index in [1.54, 1.807) is 35.0 Å². The van der Waals surface area contributed by atoms with E-state index < -0.39 is 17.0 Å². The largest absolute Gasteiger partial charge is 0.378 e. The quantitative estimate of drug-likeness (QED) is 0.514. The molecule has 0 saturated heterocycles. The predicted octanol–water partition coefficient (Wildman–Crippen LogP) is 4.13. The number of amides is 1. The molecule has 0 radical (unpaired) electrons. The molecule has 2 aromatic heterocycles. The van der Waals surface area contributed by atoms with Crippen molar-refractivity contribution in [2.75, 3.05) is 5.32 Å². The third-order valence-corrected chi connectivity index (χ3v) is 7.67. The molecule has 5 rings (SSSR count). The maximum absolute atomic E-state index is 13.5. The van der Waals surface area contributed by atoms with Crippen LogP contribution in [-0.2, 0) is 12.6 Å². The third kappa shape index (κ3) is 4.63. The van der Waals surface area contributed by atoms with Crippen molar-refractivity contribution in [3.8, 4) is 11.8 Å². The molecule has 2 heterocycles. The van der Waals surface area contributed by atoms with Gasteiger partial charge in [0.25, 0.3) is 5.91 Å². The Kier molecular flexibility index (Phi) is 6.13. The Morgan fingerprint density at radius 3 is 2.67 bits per heavy atom. The SMILES string of the molecule is Cn1cnc(C2CC3CC(O)(C#CC(C)(C)n4ccnn4)CC3C2)c1C(=O)Nc1ccc(F)c(Cl)c1. The van der Waals surface area contributed by atoms with Gasteiger partial charge in [-0.15, -0.1) is 5.10 Å². The summed E-state index contributed by atoms with van der Waals surface area (Å²) >= 11 is 5.86. The minimum absolute atomic E-state index is 0.0538. The molecule has 10 heteroatoms. The number of imidazole rings is 1. The summed E-state index contributed by atoms with van der Waals surface area (Å²) < 4.78 is 16.9. The minimum Gasteiger partial charge on any atom is -0.378 e. The van der Waals surface area contributed by atoms with Gasteiger partial charge in [0, 0.05) is 24.8 Å². The molecule has 36 heavy (non-hydrogen) atoms. The van der Waals surface area contributed by atoms with Crippen LogP contribution in [0.15, 0.2) is 36.9 Å². The van der Waals surface area contributed by atoms with E-state index in [4.69, 9.17) is 11.6 Å². The molecule has 0 spiro atoms. The van der Waals surface area contributed by atoms with E-state index in [9.17, 15) is 14.3 Å². The van der Waals surface area contributed by atoms with Gasteiger partial charge in [-0.1, -0.05) is 28.7 Å². The van der Waals surface area contributed by atoms with Gasteiger partial charge in [0.1, 0.15) is 22.7 Å². The minimum atomic E-state index is -1.04. The topological polar surface area (TPSA) is 97.9 Å². The molecular weight excluding hydrogens is 483 g/mol. The van der Waals surface area contributed by atoms with Crippen LogP contribution in [0.3, 0.4) is 0 Å². The Hall–Kier alpha value is -3.22. The first-order chi connectivity index (χ1) is 17.0. The first-order valence-electron chi connectivity index (χ1n) is 12.0. The molecule has 2 unspecified atom stereocenters. The molecule has 2 atom stereocenters. The van der Waals surface area contributed by atoms with Gasteiger partial charge in [-0.25, -0.2) is 14.1 Å². The summed E-state index contributed by atoms with van der Waals surface area (Å²) in [5.41, 5.74) is 0.0331. The van der Waals surface area contributed by atoms with Crippen LogP contribution in [0, 0.1) is 29.5 Å². The number of fused-ring (bicyclic) bond motifs is 1. The number of carbonyl (C=O) groups is 1. The van der Waals surface area contributed by atoms with Crippen molar-refractivity contribution < 1.29 is 14.3 Å². The van der Waals surface area contributed by atoms with Gasteiger partial charge < -0.3 is 15.0 Å². The second kappa shape index (κ2) is 9.02. The summed E-state index contributed by atoms with van der Waals surface area (Å²) in [5.74, 6) is 6.19. The highest BCUT2D eigenvalue weighted by Crippen LogP contribution is 2.53. The number of aryl methyl sites for hydroxylation is 1. The summed E-state index contributed by atoms with van der Waals surface area (Å²) in [5, 5.41) is 21.9. The van der Waals surface area contributed by atoms with Gasteiger partial charge in [-0.2, -0.15) is 0 Å². The van der Waals surface area contributed by atoms with Crippen molar-refractivity contribution in [1.29, 1.82) is 0 Å². The first-order valence-corrected chi connectivity index (χ1v) is 12.3. The number of aliphatic hydroxyl groups is 1. The van der Waals surface area contributed by atoms with Crippen molar-refractivity contribution in [2.24, 2.45) is 18.9 Å². The molecule has 1 aromatic carbocycles. The zero-order valence-corrected chi connectivity index (χ0v) is 21.1. The average molecular weight is 511 g/mol. The van der Waals surface area contributed by atoms with E-state index >= 15 is 0 Å². The number of nitrogens with zero attached hydrogens (tertiary/aromatic N) is 5. The Balaban J connectivity index is 1.28.